The number of nitrogens with zero attached hydrogens (tertiary/aromatic N) is 4. The zero-order chi connectivity index (χ0) is 16.3. The molecule has 0 aliphatic carbocycles. The van der Waals surface area contributed by atoms with Crippen LogP contribution in [0.4, 0.5) is 11.5 Å². The van der Waals surface area contributed by atoms with Crippen LogP contribution in [-0.4, -0.2) is 25.4 Å². The maximum Gasteiger partial charge on any atom is 0.342 e. The highest BCUT2D eigenvalue weighted by atomic mass is 16.6. The highest BCUT2D eigenvalue weighted by molar-refractivity contribution is 5.89. The number of ether oxygens (including phenoxy) is 1. The molecule has 0 fully saturated rings. The molecule has 0 aliphatic heterocycles. The normalized spacial score (nSPS) is 10.2. The van der Waals surface area contributed by atoms with E-state index < -0.39 is 15.8 Å². The highest BCUT2D eigenvalue weighted by Gasteiger charge is 2.18. The summed E-state index contributed by atoms with van der Waals surface area (Å²) in [5, 5.41) is 21.2. The van der Waals surface area contributed by atoms with E-state index in [0.29, 0.717) is 0 Å². The van der Waals surface area contributed by atoms with Gasteiger partial charge in [0, 0.05) is 12.1 Å². The summed E-state index contributed by atoms with van der Waals surface area (Å²) in [6.07, 6.45) is 1.06. The molecular formula is C12H10N4O6. The van der Waals surface area contributed by atoms with Gasteiger partial charge in [-0.15, -0.1) is 0 Å². The molecule has 22 heavy (non-hydrogen) atoms. The van der Waals surface area contributed by atoms with E-state index in [1.165, 1.54) is 35.9 Å². The van der Waals surface area contributed by atoms with Gasteiger partial charge in [-0.2, -0.15) is 0 Å². The van der Waals surface area contributed by atoms with Gasteiger partial charge in [0.2, 0.25) is 5.82 Å². The summed E-state index contributed by atoms with van der Waals surface area (Å²) < 4.78 is 6.17. The quantitative estimate of drug-likeness (QED) is 0.465. The largest absolute Gasteiger partial charge is 0.452 e. The minimum Gasteiger partial charge on any atom is -0.452 e. The highest BCUT2D eigenvalue weighted by Crippen LogP contribution is 2.15. The Balaban J connectivity index is 2.03. The second-order valence-electron chi connectivity index (χ2n) is 4.23. The molecule has 0 radical (unpaired) electrons. The minimum atomic E-state index is -0.708. The molecule has 0 N–H and O–H groups in total. The lowest BCUT2D eigenvalue weighted by Gasteiger charge is -2.03. The second-order valence-corrected chi connectivity index (χ2v) is 4.23. The molecule has 0 bridgehead atoms. The Morgan fingerprint density at radius 2 is 1.86 bits per heavy atom. The molecule has 0 saturated carbocycles. The first-order valence-corrected chi connectivity index (χ1v) is 5.96. The van der Waals surface area contributed by atoms with E-state index >= 15 is 0 Å². The predicted octanol–water partition coefficient (Wildman–Crippen LogP) is 1.59. The first kappa shape index (κ1) is 15.1. The third-order valence-electron chi connectivity index (χ3n) is 2.89. The van der Waals surface area contributed by atoms with Gasteiger partial charge in [-0.3, -0.25) is 10.1 Å². The first-order valence-electron chi connectivity index (χ1n) is 5.96. The zero-order valence-electron chi connectivity index (χ0n) is 11.3. The number of imidazole rings is 1. The molecule has 0 aliphatic rings. The maximum atomic E-state index is 11.8. The Kier molecular flexibility index (Phi) is 4.11. The summed E-state index contributed by atoms with van der Waals surface area (Å²) in [5.74, 6) is -0.719. The van der Waals surface area contributed by atoms with Gasteiger partial charge in [0.1, 0.15) is 6.20 Å². The van der Waals surface area contributed by atoms with Crippen molar-refractivity contribution in [3.05, 3.63) is 62.1 Å². The van der Waals surface area contributed by atoms with Crippen LogP contribution in [0.5, 0.6) is 0 Å². The van der Waals surface area contributed by atoms with E-state index in [-0.39, 0.29) is 29.5 Å². The van der Waals surface area contributed by atoms with E-state index in [2.05, 4.69) is 4.98 Å². The monoisotopic (exact) mass is 306 g/mol. The van der Waals surface area contributed by atoms with Crippen LogP contribution in [0.25, 0.3) is 0 Å². The molecule has 0 saturated heterocycles. The average molecular weight is 306 g/mol. The van der Waals surface area contributed by atoms with Crippen LogP contribution in [-0.2, 0) is 18.4 Å². The number of nitro benzene ring substituents is 1. The summed E-state index contributed by atoms with van der Waals surface area (Å²) >= 11 is 0. The zero-order valence-corrected chi connectivity index (χ0v) is 11.3. The van der Waals surface area contributed by atoms with Crippen LogP contribution in [0, 0.1) is 20.2 Å². The van der Waals surface area contributed by atoms with Crippen LogP contribution in [0.3, 0.4) is 0 Å². The van der Waals surface area contributed by atoms with Crippen LogP contribution in [0.1, 0.15) is 16.2 Å². The summed E-state index contributed by atoms with van der Waals surface area (Å²) in [7, 11) is 1.43. The summed E-state index contributed by atoms with van der Waals surface area (Å²) in [6, 6.07) is 4.90. The Hall–Kier alpha value is -3.30. The molecule has 0 amide bonds. The number of hydrogen-bond donors (Lipinski definition) is 0. The molecular weight excluding hydrogens is 296 g/mol. The van der Waals surface area contributed by atoms with Gasteiger partial charge in [0.15, 0.2) is 6.61 Å². The lowest BCUT2D eigenvalue weighted by molar-refractivity contribution is -0.391. The van der Waals surface area contributed by atoms with Crippen LogP contribution in [0.2, 0.25) is 0 Å². The Morgan fingerprint density at radius 1 is 1.23 bits per heavy atom. The number of nitro groups is 2. The lowest BCUT2D eigenvalue weighted by atomic mass is 10.2. The third kappa shape index (κ3) is 3.06. The molecule has 10 nitrogen and oxygen atoms in total. The van der Waals surface area contributed by atoms with E-state index in [4.69, 9.17) is 4.74 Å². The molecule has 2 aromatic rings. The predicted molar refractivity (Wildman–Crippen MR) is 72.1 cm³/mol. The summed E-state index contributed by atoms with van der Waals surface area (Å²) in [4.78, 5) is 35.6. The average Bonchev–Trinajstić information content (AvgIpc) is 2.86. The van der Waals surface area contributed by atoms with Gasteiger partial charge >= 0.3 is 11.8 Å². The number of rotatable bonds is 5. The fraction of sp³-hybridized carbons (Fsp3) is 0.167. The standard InChI is InChI=1S/C12H10N4O6/c1-14-10(13-6-11(14)16(20)21)7-22-12(17)8-2-4-9(5-3-8)15(18)19/h2-6H,7H2,1H3. The SMILES string of the molecule is Cn1c([N+](=O)[O-])cnc1COC(=O)c1ccc([N+](=O)[O-])cc1. The Morgan fingerprint density at radius 3 is 2.36 bits per heavy atom. The van der Waals surface area contributed by atoms with Gasteiger partial charge in [-0.25, -0.2) is 14.3 Å². The van der Waals surface area contributed by atoms with Gasteiger partial charge in [0.25, 0.3) is 5.69 Å². The number of benzene rings is 1. The van der Waals surface area contributed by atoms with Crippen molar-refractivity contribution >= 4 is 17.5 Å². The summed E-state index contributed by atoms with van der Waals surface area (Å²) in [6.45, 7) is -0.250. The topological polar surface area (TPSA) is 130 Å². The summed E-state index contributed by atoms with van der Waals surface area (Å²) in [5.41, 5.74) is -0.00872. The fourth-order valence-corrected chi connectivity index (χ4v) is 1.67. The number of carbonyl (C=O) groups excluding carboxylic acids is 1. The Labute approximate surface area is 123 Å². The van der Waals surface area contributed by atoms with Gasteiger partial charge in [0.05, 0.1) is 17.5 Å². The number of hydrogen-bond acceptors (Lipinski definition) is 7. The van der Waals surface area contributed by atoms with Crippen molar-refractivity contribution in [3.63, 3.8) is 0 Å². The van der Waals surface area contributed by atoms with Gasteiger partial charge in [-0.1, -0.05) is 0 Å². The van der Waals surface area contributed by atoms with Crippen LogP contribution in [0.15, 0.2) is 30.5 Å². The molecule has 0 atom stereocenters. The van der Waals surface area contributed by atoms with Crippen molar-refractivity contribution in [3.8, 4) is 0 Å². The van der Waals surface area contributed by atoms with Crippen molar-refractivity contribution in [2.24, 2.45) is 7.05 Å². The molecule has 1 heterocycles. The number of aromatic nitrogens is 2. The van der Waals surface area contributed by atoms with Crippen molar-refractivity contribution in [2.45, 2.75) is 6.61 Å². The number of non-ortho nitro benzene ring substituents is 1. The van der Waals surface area contributed by atoms with Crippen molar-refractivity contribution in [1.82, 2.24) is 9.55 Å². The Bertz CT molecular complexity index is 737. The first-order chi connectivity index (χ1) is 10.4. The molecule has 10 heteroatoms. The van der Waals surface area contributed by atoms with Crippen molar-refractivity contribution < 1.29 is 19.4 Å². The molecule has 0 spiro atoms. The molecule has 2 rings (SSSR count). The molecule has 1 aromatic carbocycles. The van der Waals surface area contributed by atoms with Gasteiger partial charge in [-0.05, 0) is 17.1 Å². The van der Waals surface area contributed by atoms with Crippen LogP contribution >= 0.6 is 0 Å². The minimum absolute atomic E-state index is 0.134. The third-order valence-corrected chi connectivity index (χ3v) is 2.89. The van der Waals surface area contributed by atoms with E-state index in [1.807, 2.05) is 0 Å². The fourth-order valence-electron chi connectivity index (χ4n) is 1.67. The van der Waals surface area contributed by atoms with Crippen LogP contribution < -0.4 is 0 Å². The van der Waals surface area contributed by atoms with Crippen molar-refractivity contribution in [2.75, 3.05) is 0 Å². The molecule has 0 unspecified atom stereocenters. The second kappa shape index (κ2) is 5.99. The van der Waals surface area contributed by atoms with E-state index in [9.17, 15) is 25.0 Å². The molecule has 114 valence electrons. The van der Waals surface area contributed by atoms with Gasteiger partial charge < -0.3 is 14.9 Å². The van der Waals surface area contributed by atoms with E-state index in [0.717, 1.165) is 6.20 Å². The molecule has 1 aromatic heterocycles. The lowest BCUT2D eigenvalue weighted by Crippen LogP contribution is -2.09. The maximum absolute atomic E-state index is 11.8. The number of carbonyl (C=O) groups is 1. The van der Waals surface area contributed by atoms with Crippen molar-refractivity contribution in [1.29, 1.82) is 0 Å². The smallest absolute Gasteiger partial charge is 0.342 e. The number of esters is 1. The van der Waals surface area contributed by atoms with E-state index in [1.54, 1.807) is 0 Å².